The molecular weight excluding hydrogens is 484 g/mol. The molecule has 200 valence electrons. The van der Waals surface area contributed by atoms with E-state index >= 15 is 0 Å². The summed E-state index contributed by atoms with van der Waals surface area (Å²) in [6, 6.07) is 15.7. The molecule has 3 aromatic rings. The van der Waals surface area contributed by atoms with Crippen LogP contribution < -0.4 is 20.7 Å². The van der Waals surface area contributed by atoms with E-state index in [2.05, 4.69) is 32.3 Å². The topological polar surface area (TPSA) is 126 Å². The summed E-state index contributed by atoms with van der Waals surface area (Å²) in [5, 5.41) is 12.3. The van der Waals surface area contributed by atoms with Crippen molar-refractivity contribution in [3.05, 3.63) is 54.7 Å². The molecule has 4 N–H and O–H groups in total. The van der Waals surface area contributed by atoms with Crippen molar-refractivity contribution in [2.24, 2.45) is 0 Å². The molecule has 0 radical (unpaired) electrons. The first-order chi connectivity index (χ1) is 18.6. The van der Waals surface area contributed by atoms with Crippen LogP contribution in [-0.4, -0.2) is 78.0 Å². The predicted octanol–water partition coefficient (Wildman–Crippen LogP) is 3.06. The third-order valence-electron chi connectivity index (χ3n) is 6.87. The molecule has 0 unspecified atom stereocenters. The molecule has 0 bridgehead atoms. The molecular formula is C28H34N6O4. The second-order valence-electron chi connectivity index (χ2n) is 9.46. The Morgan fingerprint density at radius 3 is 2.55 bits per heavy atom. The number of aliphatic hydroxyl groups is 1. The maximum Gasteiger partial charge on any atom is 0.227 e. The van der Waals surface area contributed by atoms with Crippen molar-refractivity contribution in [3.8, 4) is 17.0 Å². The van der Waals surface area contributed by atoms with Gasteiger partial charge in [0.1, 0.15) is 11.9 Å². The Morgan fingerprint density at radius 1 is 1.08 bits per heavy atom. The zero-order chi connectivity index (χ0) is 26.3. The van der Waals surface area contributed by atoms with Crippen molar-refractivity contribution in [2.45, 2.75) is 25.4 Å². The molecule has 2 aliphatic heterocycles. The normalized spacial score (nSPS) is 16.3. The molecule has 10 heteroatoms. The minimum atomic E-state index is -0.121. The Hall–Kier alpha value is -3.89. The summed E-state index contributed by atoms with van der Waals surface area (Å²) in [6.45, 7) is 4.43. The number of nitrogens with one attached hydrogen (secondary N) is 1. The van der Waals surface area contributed by atoms with Crippen molar-refractivity contribution in [1.29, 1.82) is 0 Å². The molecule has 1 amide bonds. The van der Waals surface area contributed by atoms with Crippen molar-refractivity contribution < 1.29 is 19.4 Å². The van der Waals surface area contributed by atoms with Crippen molar-refractivity contribution in [2.75, 3.05) is 62.0 Å². The summed E-state index contributed by atoms with van der Waals surface area (Å²) in [5.41, 5.74) is 10.6. The molecule has 0 atom stereocenters. The lowest BCUT2D eigenvalue weighted by Crippen LogP contribution is -2.42. The Labute approximate surface area is 222 Å². The highest BCUT2D eigenvalue weighted by atomic mass is 16.5. The number of rotatable bonds is 8. The number of nitrogens with two attached hydrogens (primary N) is 1. The number of carbonyl (C=O) groups is 1. The lowest BCUT2D eigenvalue weighted by molar-refractivity contribution is -0.133. The molecule has 0 aliphatic carbocycles. The number of carbonyl (C=O) groups excluding carboxylic acids is 1. The maximum absolute atomic E-state index is 12.0. The lowest BCUT2D eigenvalue weighted by atomic mass is 10.1. The van der Waals surface area contributed by atoms with Crippen LogP contribution in [0.3, 0.4) is 0 Å². The van der Waals surface area contributed by atoms with E-state index in [0.29, 0.717) is 30.5 Å². The van der Waals surface area contributed by atoms with Crippen LogP contribution in [0.5, 0.6) is 5.75 Å². The number of aromatic nitrogens is 2. The van der Waals surface area contributed by atoms with E-state index in [1.54, 1.807) is 11.1 Å². The van der Waals surface area contributed by atoms with Gasteiger partial charge in [0, 0.05) is 68.6 Å². The van der Waals surface area contributed by atoms with Crippen LogP contribution in [0.4, 0.5) is 23.0 Å². The van der Waals surface area contributed by atoms with E-state index < -0.39 is 0 Å². The molecule has 0 spiro atoms. The standard InChI is InChI=1S/C28H34N6O4/c29-24-19-20(1-6-26(24)38-23-8-12-34(13-9-23)27(36)10-16-35)25-7-11-30-28(32-25)31-21-2-4-22(5-3-21)33-14-17-37-18-15-33/h1-7,11,19,23,35H,8-10,12-18,29H2,(H,30,31,32). The van der Waals surface area contributed by atoms with Gasteiger partial charge in [-0.2, -0.15) is 0 Å². The molecule has 3 heterocycles. The van der Waals surface area contributed by atoms with E-state index in [0.717, 1.165) is 56.1 Å². The number of hydrogen-bond donors (Lipinski definition) is 3. The number of benzene rings is 2. The first-order valence-corrected chi connectivity index (χ1v) is 13.1. The monoisotopic (exact) mass is 518 g/mol. The van der Waals surface area contributed by atoms with E-state index in [1.807, 2.05) is 36.4 Å². The van der Waals surface area contributed by atoms with Gasteiger partial charge in [-0.1, -0.05) is 0 Å². The number of likely N-dealkylation sites (tertiary alicyclic amines) is 1. The Morgan fingerprint density at radius 2 is 1.84 bits per heavy atom. The van der Waals surface area contributed by atoms with Crippen molar-refractivity contribution in [1.82, 2.24) is 14.9 Å². The first kappa shape index (κ1) is 25.7. The molecule has 38 heavy (non-hydrogen) atoms. The summed E-state index contributed by atoms with van der Waals surface area (Å²) in [5.74, 6) is 1.11. The minimum absolute atomic E-state index is 0.00851. The second kappa shape index (κ2) is 12.1. The van der Waals surface area contributed by atoms with Crippen LogP contribution >= 0.6 is 0 Å². The number of aliphatic hydroxyl groups excluding tert-OH is 1. The van der Waals surface area contributed by atoms with Crippen molar-refractivity contribution in [3.63, 3.8) is 0 Å². The number of amides is 1. The largest absolute Gasteiger partial charge is 0.488 e. The van der Waals surface area contributed by atoms with E-state index in [4.69, 9.17) is 20.3 Å². The number of piperidine rings is 1. The van der Waals surface area contributed by atoms with Crippen molar-refractivity contribution >= 4 is 28.9 Å². The molecule has 2 aliphatic rings. The second-order valence-corrected chi connectivity index (χ2v) is 9.46. The number of hydrogen-bond acceptors (Lipinski definition) is 9. The van der Waals surface area contributed by atoms with Crippen LogP contribution in [0.15, 0.2) is 54.7 Å². The molecule has 2 saturated heterocycles. The molecule has 2 fully saturated rings. The average Bonchev–Trinajstić information content (AvgIpc) is 2.96. The van der Waals surface area contributed by atoms with Crippen LogP contribution in [-0.2, 0) is 9.53 Å². The zero-order valence-corrected chi connectivity index (χ0v) is 21.4. The number of nitrogens with zero attached hydrogens (tertiary/aromatic N) is 4. The lowest BCUT2D eigenvalue weighted by Gasteiger charge is -2.32. The van der Waals surface area contributed by atoms with Gasteiger partial charge in [-0.05, 0) is 48.5 Å². The van der Waals surface area contributed by atoms with E-state index in [-0.39, 0.29) is 25.0 Å². The quantitative estimate of drug-likeness (QED) is 0.386. The molecule has 5 rings (SSSR count). The zero-order valence-electron chi connectivity index (χ0n) is 21.4. The summed E-state index contributed by atoms with van der Waals surface area (Å²) in [7, 11) is 0. The van der Waals surface area contributed by atoms with Crippen LogP contribution in [0.1, 0.15) is 19.3 Å². The molecule has 2 aromatic carbocycles. The van der Waals surface area contributed by atoms with Crippen LogP contribution in [0.25, 0.3) is 11.3 Å². The predicted molar refractivity (Wildman–Crippen MR) is 147 cm³/mol. The fraction of sp³-hybridized carbons (Fsp3) is 0.393. The SMILES string of the molecule is Nc1cc(-c2ccnc(Nc3ccc(N4CCOCC4)cc3)n2)ccc1OC1CCN(C(=O)CCO)CC1. The summed E-state index contributed by atoms with van der Waals surface area (Å²) < 4.78 is 11.6. The minimum Gasteiger partial charge on any atom is -0.488 e. The highest BCUT2D eigenvalue weighted by Crippen LogP contribution is 2.30. The van der Waals surface area contributed by atoms with Gasteiger partial charge in [-0.25, -0.2) is 9.97 Å². The number of ether oxygens (including phenoxy) is 2. The van der Waals surface area contributed by atoms with E-state index in [1.165, 1.54) is 5.69 Å². The average molecular weight is 519 g/mol. The first-order valence-electron chi connectivity index (χ1n) is 13.1. The van der Waals surface area contributed by atoms with Gasteiger partial charge in [-0.15, -0.1) is 0 Å². The number of morpholine rings is 1. The molecule has 10 nitrogen and oxygen atoms in total. The van der Waals surface area contributed by atoms with Crippen LogP contribution in [0.2, 0.25) is 0 Å². The van der Waals surface area contributed by atoms with Gasteiger partial charge < -0.3 is 35.4 Å². The maximum atomic E-state index is 12.0. The fourth-order valence-electron chi connectivity index (χ4n) is 4.76. The Bertz CT molecular complexity index is 1220. The fourth-order valence-corrected chi connectivity index (χ4v) is 4.76. The summed E-state index contributed by atoms with van der Waals surface area (Å²) in [6.07, 6.45) is 3.34. The van der Waals surface area contributed by atoms with Gasteiger partial charge in [-0.3, -0.25) is 4.79 Å². The van der Waals surface area contributed by atoms with Gasteiger partial charge in [0.05, 0.1) is 31.2 Å². The van der Waals surface area contributed by atoms with E-state index in [9.17, 15) is 4.79 Å². The highest BCUT2D eigenvalue weighted by Gasteiger charge is 2.24. The summed E-state index contributed by atoms with van der Waals surface area (Å²) in [4.78, 5) is 25.1. The summed E-state index contributed by atoms with van der Waals surface area (Å²) >= 11 is 0. The smallest absolute Gasteiger partial charge is 0.227 e. The van der Waals surface area contributed by atoms with Gasteiger partial charge >= 0.3 is 0 Å². The van der Waals surface area contributed by atoms with Crippen LogP contribution in [0, 0.1) is 0 Å². The molecule has 1 aromatic heterocycles. The third kappa shape index (κ3) is 6.32. The van der Waals surface area contributed by atoms with Gasteiger partial charge in [0.15, 0.2) is 0 Å². The number of nitrogen functional groups attached to an aromatic ring is 1. The third-order valence-corrected chi connectivity index (χ3v) is 6.87. The highest BCUT2D eigenvalue weighted by molar-refractivity contribution is 5.76. The van der Waals surface area contributed by atoms with Gasteiger partial charge in [0.2, 0.25) is 11.9 Å². The van der Waals surface area contributed by atoms with Gasteiger partial charge in [0.25, 0.3) is 0 Å². The molecule has 0 saturated carbocycles. The Kier molecular flexibility index (Phi) is 8.20. The Balaban J connectivity index is 1.19. The number of anilines is 4.